The van der Waals surface area contributed by atoms with Gasteiger partial charge in [0.25, 0.3) is 0 Å². The lowest BCUT2D eigenvalue weighted by Crippen LogP contribution is -2.31. The Morgan fingerprint density at radius 1 is 1.21 bits per heavy atom. The van der Waals surface area contributed by atoms with Crippen molar-refractivity contribution < 1.29 is 9.53 Å². The van der Waals surface area contributed by atoms with Gasteiger partial charge in [0, 0.05) is 41.6 Å². The van der Waals surface area contributed by atoms with E-state index in [2.05, 4.69) is 57.8 Å². The molecule has 3 aromatic rings. The number of rotatable bonds is 4. The lowest BCUT2D eigenvalue weighted by molar-refractivity contribution is 0.0636. The zero-order valence-corrected chi connectivity index (χ0v) is 17.4. The fourth-order valence-electron chi connectivity index (χ4n) is 4.00. The van der Waals surface area contributed by atoms with Crippen molar-refractivity contribution in [1.29, 1.82) is 0 Å². The predicted octanol–water partition coefficient (Wildman–Crippen LogP) is 5.51. The van der Waals surface area contributed by atoms with Crippen LogP contribution in [-0.4, -0.2) is 29.8 Å². The number of aromatic amines is 1. The third kappa shape index (κ3) is 4.56. The van der Waals surface area contributed by atoms with E-state index in [9.17, 15) is 4.79 Å². The van der Waals surface area contributed by atoms with E-state index in [1.807, 2.05) is 26.8 Å². The standard InChI is InChI=1S/C24H29N3O2/c1-24(2,3)29-23(28)26-19-10-11-22-17(15-19)7-6-13-27(22)14-12-18-16-25-21-9-5-4-8-20(18)21/h4-5,8-11,15-16,25H,6-7,12-14H2,1-3H3,(H,26,28). The summed E-state index contributed by atoms with van der Waals surface area (Å²) >= 11 is 0. The van der Waals surface area contributed by atoms with Gasteiger partial charge in [-0.05, 0) is 75.4 Å². The lowest BCUT2D eigenvalue weighted by atomic mass is 10.00. The third-order valence-corrected chi connectivity index (χ3v) is 5.27. The van der Waals surface area contributed by atoms with Crippen LogP contribution in [0.25, 0.3) is 10.9 Å². The molecule has 152 valence electrons. The summed E-state index contributed by atoms with van der Waals surface area (Å²) in [6.45, 7) is 7.64. The van der Waals surface area contributed by atoms with Gasteiger partial charge in [-0.25, -0.2) is 4.79 Å². The minimum atomic E-state index is -0.502. The number of aromatic nitrogens is 1. The Bertz CT molecular complexity index is 1020. The molecule has 0 fully saturated rings. The molecule has 0 spiro atoms. The molecule has 4 rings (SSSR count). The van der Waals surface area contributed by atoms with Gasteiger partial charge in [0.05, 0.1) is 0 Å². The Balaban J connectivity index is 1.45. The highest BCUT2D eigenvalue weighted by molar-refractivity contribution is 5.86. The molecule has 5 nitrogen and oxygen atoms in total. The second-order valence-corrected chi connectivity index (χ2v) is 8.67. The molecule has 0 saturated heterocycles. The second kappa shape index (κ2) is 7.82. The molecule has 5 heteroatoms. The fraction of sp³-hybridized carbons (Fsp3) is 0.375. The number of aryl methyl sites for hydroxylation is 1. The maximum atomic E-state index is 12.1. The number of anilines is 2. The number of H-pyrrole nitrogens is 1. The lowest BCUT2D eigenvalue weighted by Gasteiger charge is -2.31. The van der Waals surface area contributed by atoms with Gasteiger partial charge in [-0.15, -0.1) is 0 Å². The van der Waals surface area contributed by atoms with E-state index in [0.717, 1.165) is 38.0 Å². The van der Waals surface area contributed by atoms with Crippen LogP contribution in [0.3, 0.4) is 0 Å². The summed E-state index contributed by atoms with van der Waals surface area (Å²) < 4.78 is 5.36. The molecule has 0 unspecified atom stereocenters. The Morgan fingerprint density at radius 2 is 2.03 bits per heavy atom. The highest BCUT2D eigenvalue weighted by Crippen LogP contribution is 2.30. The predicted molar refractivity (Wildman–Crippen MR) is 119 cm³/mol. The van der Waals surface area contributed by atoms with Crippen molar-refractivity contribution >= 4 is 28.4 Å². The van der Waals surface area contributed by atoms with Gasteiger partial charge in [-0.3, -0.25) is 5.32 Å². The number of ether oxygens (including phenoxy) is 1. The van der Waals surface area contributed by atoms with E-state index in [0.29, 0.717) is 0 Å². The van der Waals surface area contributed by atoms with Gasteiger partial charge in [0.2, 0.25) is 0 Å². The van der Waals surface area contributed by atoms with Gasteiger partial charge < -0.3 is 14.6 Å². The maximum Gasteiger partial charge on any atom is 0.412 e. The topological polar surface area (TPSA) is 57.4 Å². The zero-order valence-electron chi connectivity index (χ0n) is 17.4. The summed E-state index contributed by atoms with van der Waals surface area (Å²) in [5, 5.41) is 4.16. The van der Waals surface area contributed by atoms with Crippen molar-refractivity contribution in [3.8, 4) is 0 Å². The van der Waals surface area contributed by atoms with Crippen LogP contribution in [0.4, 0.5) is 16.2 Å². The highest BCUT2D eigenvalue weighted by Gasteiger charge is 2.20. The fourth-order valence-corrected chi connectivity index (χ4v) is 4.00. The van der Waals surface area contributed by atoms with Gasteiger partial charge in [-0.1, -0.05) is 18.2 Å². The monoisotopic (exact) mass is 391 g/mol. The quantitative estimate of drug-likeness (QED) is 0.616. The Hall–Kier alpha value is -2.95. The van der Waals surface area contributed by atoms with E-state index in [-0.39, 0.29) is 0 Å². The Labute approximate surface area is 172 Å². The molecule has 1 aliphatic rings. The summed E-state index contributed by atoms with van der Waals surface area (Å²) in [7, 11) is 0. The van der Waals surface area contributed by atoms with Crippen molar-refractivity contribution in [2.75, 3.05) is 23.3 Å². The average Bonchev–Trinajstić information content (AvgIpc) is 3.07. The number of nitrogens with zero attached hydrogens (tertiary/aromatic N) is 1. The van der Waals surface area contributed by atoms with Gasteiger partial charge in [-0.2, -0.15) is 0 Å². The summed E-state index contributed by atoms with van der Waals surface area (Å²) in [4.78, 5) is 17.9. The minimum Gasteiger partial charge on any atom is -0.444 e. The first-order valence-corrected chi connectivity index (χ1v) is 10.3. The molecule has 29 heavy (non-hydrogen) atoms. The van der Waals surface area contributed by atoms with Gasteiger partial charge in [0.15, 0.2) is 0 Å². The molecule has 2 heterocycles. The Morgan fingerprint density at radius 3 is 2.86 bits per heavy atom. The second-order valence-electron chi connectivity index (χ2n) is 8.67. The summed E-state index contributed by atoms with van der Waals surface area (Å²) in [5.41, 5.74) is 5.39. The van der Waals surface area contributed by atoms with Crippen LogP contribution >= 0.6 is 0 Å². The third-order valence-electron chi connectivity index (χ3n) is 5.27. The first kappa shape index (κ1) is 19.4. The molecule has 0 saturated carbocycles. The summed E-state index contributed by atoms with van der Waals surface area (Å²) in [6.07, 6.45) is 4.87. The largest absolute Gasteiger partial charge is 0.444 e. The molecule has 0 bridgehead atoms. The molecule has 1 amide bonds. The Kier molecular flexibility index (Phi) is 5.22. The number of hydrogen-bond acceptors (Lipinski definition) is 3. The van der Waals surface area contributed by atoms with E-state index >= 15 is 0 Å². The highest BCUT2D eigenvalue weighted by atomic mass is 16.6. The molecule has 0 aliphatic carbocycles. The molecule has 2 N–H and O–H groups in total. The number of carbonyl (C=O) groups is 1. The molecular formula is C24H29N3O2. The summed E-state index contributed by atoms with van der Waals surface area (Å²) in [5.74, 6) is 0. The van der Waals surface area contributed by atoms with Crippen LogP contribution in [0.2, 0.25) is 0 Å². The summed E-state index contributed by atoms with van der Waals surface area (Å²) in [6, 6.07) is 14.6. The molecule has 0 atom stereocenters. The number of nitrogens with one attached hydrogen (secondary N) is 2. The molecule has 1 aromatic heterocycles. The van der Waals surface area contributed by atoms with Crippen molar-refractivity contribution in [1.82, 2.24) is 4.98 Å². The van der Waals surface area contributed by atoms with Crippen LogP contribution < -0.4 is 10.2 Å². The first-order chi connectivity index (χ1) is 13.9. The number of hydrogen-bond donors (Lipinski definition) is 2. The number of amides is 1. The van der Waals surface area contributed by atoms with E-state index in [1.165, 1.54) is 27.7 Å². The minimum absolute atomic E-state index is 0.413. The van der Waals surface area contributed by atoms with Crippen LogP contribution in [0.1, 0.15) is 38.3 Å². The van der Waals surface area contributed by atoms with Gasteiger partial charge in [0.1, 0.15) is 5.60 Å². The van der Waals surface area contributed by atoms with Crippen LogP contribution in [-0.2, 0) is 17.6 Å². The maximum absolute atomic E-state index is 12.1. The molecular weight excluding hydrogens is 362 g/mol. The van der Waals surface area contributed by atoms with E-state index < -0.39 is 11.7 Å². The number of carbonyl (C=O) groups excluding carboxylic acids is 1. The van der Waals surface area contributed by atoms with Crippen molar-refractivity contribution in [3.63, 3.8) is 0 Å². The van der Waals surface area contributed by atoms with Gasteiger partial charge >= 0.3 is 6.09 Å². The first-order valence-electron chi connectivity index (χ1n) is 10.3. The average molecular weight is 392 g/mol. The zero-order chi connectivity index (χ0) is 20.4. The van der Waals surface area contributed by atoms with E-state index in [1.54, 1.807) is 0 Å². The van der Waals surface area contributed by atoms with E-state index in [4.69, 9.17) is 4.74 Å². The molecule has 0 radical (unpaired) electrons. The van der Waals surface area contributed by atoms with Crippen molar-refractivity contribution in [3.05, 3.63) is 59.8 Å². The van der Waals surface area contributed by atoms with Crippen LogP contribution in [0, 0.1) is 0 Å². The number of para-hydroxylation sites is 1. The molecule has 1 aliphatic heterocycles. The normalized spacial score (nSPS) is 14.0. The molecule has 2 aromatic carbocycles. The van der Waals surface area contributed by atoms with Crippen molar-refractivity contribution in [2.24, 2.45) is 0 Å². The van der Waals surface area contributed by atoms with Crippen LogP contribution in [0.5, 0.6) is 0 Å². The van der Waals surface area contributed by atoms with Crippen LogP contribution in [0.15, 0.2) is 48.7 Å². The number of benzene rings is 2. The number of fused-ring (bicyclic) bond motifs is 2. The SMILES string of the molecule is CC(C)(C)OC(=O)Nc1ccc2c(c1)CCCN2CCc1c[nH]c2ccccc12. The van der Waals surface area contributed by atoms with Crippen molar-refractivity contribution in [2.45, 2.75) is 45.6 Å². The smallest absolute Gasteiger partial charge is 0.412 e.